The molecule has 0 unspecified atom stereocenters. The number of hydrogen-bond donors (Lipinski definition) is 1. The molecule has 2 aromatic heterocycles. The van der Waals surface area contributed by atoms with Crippen molar-refractivity contribution >= 4 is 39.7 Å². The van der Waals surface area contributed by atoms with Crippen molar-refractivity contribution in [2.24, 2.45) is 7.05 Å². The predicted octanol–water partition coefficient (Wildman–Crippen LogP) is 3.44. The van der Waals surface area contributed by atoms with E-state index in [9.17, 15) is 14.0 Å². The Morgan fingerprint density at radius 3 is 2.88 bits per heavy atom. The van der Waals surface area contributed by atoms with Gasteiger partial charge in [-0.3, -0.25) is 9.59 Å². The molecule has 0 spiro atoms. The number of aryl methyl sites for hydroxylation is 1. The number of hydrogen-bond acceptors (Lipinski definition) is 3. The highest BCUT2D eigenvalue weighted by Crippen LogP contribution is 2.36. The third kappa shape index (κ3) is 2.78. The lowest BCUT2D eigenvalue weighted by Gasteiger charge is -2.17. The standard InChI is InChI=1S/C19H18FN3O2S/c1-22-15-7-6-12(20)10-14(15)17(23-8-2-5-16(23)24)18(22)19(25)21-11-13-4-3-9-26-13/h3-4,6-7,9-10H,2,5,8,11H2,1H3,(H,21,25). The largest absolute Gasteiger partial charge is 0.346 e. The Hall–Kier alpha value is -2.67. The molecular formula is C19H18FN3O2S. The summed E-state index contributed by atoms with van der Waals surface area (Å²) >= 11 is 1.57. The van der Waals surface area contributed by atoms with E-state index in [0.717, 1.165) is 16.8 Å². The van der Waals surface area contributed by atoms with Crippen molar-refractivity contribution in [3.63, 3.8) is 0 Å². The summed E-state index contributed by atoms with van der Waals surface area (Å²) in [6.07, 6.45) is 1.18. The summed E-state index contributed by atoms with van der Waals surface area (Å²) < 4.78 is 15.6. The number of amides is 2. The van der Waals surface area contributed by atoms with Gasteiger partial charge in [0.15, 0.2) is 0 Å². The quantitative estimate of drug-likeness (QED) is 0.764. The van der Waals surface area contributed by atoms with Gasteiger partial charge in [-0.15, -0.1) is 11.3 Å². The average molecular weight is 371 g/mol. The van der Waals surface area contributed by atoms with Gasteiger partial charge in [0.05, 0.1) is 17.7 Å². The summed E-state index contributed by atoms with van der Waals surface area (Å²) in [5, 5.41) is 5.46. The highest BCUT2D eigenvalue weighted by atomic mass is 32.1. The van der Waals surface area contributed by atoms with E-state index in [1.54, 1.807) is 33.9 Å². The van der Waals surface area contributed by atoms with E-state index < -0.39 is 0 Å². The van der Waals surface area contributed by atoms with E-state index in [0.29, 0.717) is 36.3 Å². The molecule has 5 nitrogen and oxygen atoms in total. The van der Waals surface area contributed by atoms with E-state index in [2.05, 4.69) is 5.32 Å². The number of fused-ring (bicyclic) bond motifs is 1. The van der Waals surface area contributed by atoms with Gasteiger partial charge >= 0.3 is 0 Å². The number of anilines is 1. The highest BCUT2D eigenvalue weighted by Gasteiger charge is 2.31. The summed E-state index contributed by atoms with van der Waals surface area (Å²) in [7, 11) is 1.77. The first-order chi connectivity index (χ1) is 12.6. The second-order valence-corrected chi connectivity index (χ2v) is 7.36. The molecule has 134 valence electrons. The number of thiophene rings is 1. The molecule has 0 saturated carbocycles. The lowest BCUT2D eigenvalue weighted by atomic mass is 10.2. The lowest BCUT2D eigenvalue weighted by molar-refractivity contribution is -0.117. The first kappa shape index (κ1) is 16.8. The Kier molecular flexibility index (Phi) is 4.24. The van der Waals surface area contributed by atoms with Gasteiger partial charge in [0.2, 0.25) is 5.91 Å². The number of carbonyl (C=O) groups excluding carboxylic acids is 2. The molecule has 1 fully saturated rings. The van der Waals surface area contributed by atoms with Crippen LogP contribution in [0.4, 0.5) is 10.1 Å². The van der Waals surface area contributed by atoms with Gasteiger partial charge in [-0.1, -0.05) is 6.07 Å². The topological polar surface area (TPSA) is 54.3 Å². The average Bonchev–Trinajstić information content (AvgIpc) is 3.33. The fourth-order valence-electron chi connectivity index (χ4n) is 3.48. The first-order valence-corrected chi connectivity index (χ1v) is 9.33. The Balaban J connectivity index is 1.80. The van der Waals surface area contributed by atoms with Crippen LogP contribution in [-0.4, -0.2) is 22.9 Å². The van der Waals surface area contributed by atoms with Crippen molar-refractivity contribution < 1.29 is 14.0 Å². The third-order valence-electron chi connectivity index (χ3n) is 4.70. The van der Waals surface area contributed by atoms with E-state index >= 15 is 0 Å². The molecule has 1 N–H and O–H groups in total. The molecule has 26 heavy (non-hydrogen) atoms. The van der Waals surface area contributed by atoms with Gasteiger partial charge in [-0.25, -0.2) is 4.39 Å². The smallest absolute Gasteiger partial charge is 0.270 e. The number of nitrogens with one attached hydrogen (secondary N) is 1. The van der Waals surface area contributed by atoms with Gasteiger partial charge in [0.25, 0.3) is 5.91 Å². The van der Waals surface area contributed by atoms with Crippen molar-refractivity contribution in [3.8, 4) is 0 Å². The molecule has 0 atom stereocenters. The summed E-state index contributed by atoms with van der Waals surface area (Å²) in [5.41, 5.74) is 1.62. The fourth-order valence-corrected chi connectivity index (χ4v) is 4.12. The zero-order valence-electron chi connectivity index (χ0n) is 14.3. The van der Waals surface area contributed by atoms with Crippen LogP contribution in [0.2, 0.25) is 0 Å². The minimum atomic E-state index is -0.387. The number of nitrogens with zero attached hydrogens (tertiary/aromatic N) is 2. The molecular weight excluding hydrogens is 353 g/mol. The Morgan fingerprint density at radius 2 is 2.19 bits per heavy atom. The first-order valence-electron chi connectivity index (χ1n) is 8.45. The molecule has 1 saturated heterocycles. The van der Waals surface area contributed by atoms with Gasteiger partial charge < -0.3 is 14.8 Å². The van der Waals surface area contributed by atoms with Crippen molar-refractivity contribution in [1.29, 1.82) is 0 Å². The number of carbonyl (C=O) groups is 2. The molecule has 1 aliphatic rings. The van der Waals surface area contributed by atoms with Crippen molar-refractivity contribution in [2.45, 2.75) is 19.4 Å². The minimum Gasteiger partial charge on any atom is -0.346 e. The van der Waals surface area contributed by atoms with Crippen LogP contribution in [-0.2, 0) is 18.4 Å². The van der Waals surface area contributed by atoms with Gasteiger partial charge in [-0.2, -0.15) is 0 Å². The van der Waals surface area contributed by atoms with E-state index in [-0.39, 0.29) is 17.6 Å². The van der Waals surface area contributed by atoms with Crippen LogP contribution in [0.5, 0.6) is 0 Å². The van der Waals surface area contributed by atoms with Gasteiger partial charge in [-0.05, 0) is 36.1 Å². The summed E-state index contributed by atoms with van der Waals surface area (Å²) in [5.74, 6) is -0.692. The maximum absolute atomic E-state index is 13.9. The van der Waals surface area contributed by atoms with Crippen LogP contribution in [0.1, 0.15) is 28.2 Å². The second-order valence-electron chi connectivity index (χ2n) is 6.33. The number of halogens is 1. The molecule has 0 radical (unpaired) electrons. The lowest BCUT2D eigenvalue weighted by Crippen LogP contribution is -2.30. The summed E-state index contributed by atoms with van der Waals surface area (Å²) in [6, 6.07) is 8.29. The Bertz CT molecular complexity index is 994. The van der Waals surface area contributed by atoms with E-state index in [1.807, 2.05) is 17.5 Å². The Morgan fingerprint density at radius 1 is 1.35 bits per heavy atom. The number of aromatic nitrogens is 1. The summed E-state index contributed by atoms with van der Waals surface area (Å²) in [6.45, 7) is 0.958. The fraction of sp³-hybridized carbons (Fsp3) is 0.263. The molecule has 0 bridgehead atoms. The highest BCUT2D eigenvalue weighted by molar-refractivity contribution is 7.09. The molecule has 2 amide bonds. The van der Waals surface area contributed by atoms with Crippen LogP contribution in [0.3, 0.4) is 0 Å². The molecule has 1 aliphatic heterocycles. The monoisotopic (exact) mass is 371 g/mol. The van der Waals surface area contributed by atoms with Crippen LogP contribution in [0, 0.1) is 5.82 Å². The van der Waals surface area contributed by atoms with Gasteiger partial charge in [0, 0.05) is 30.3 Å². The Labute approximate surface area is 154 Å². The van der Waals surface area contributed by atoms with Crippen LogP contribution in [0.25, 0.3) is 10.9 Å². The van der Waals surface area contributed by atoms with Gasteiger partial charge in [0.1, 0.15) is 11.5 Å². The predicted molar refractivity (Wildman–Crippen MR) is 100.0 cm³/mol. The van der Waals surface area contributed by atoms with Crippen LogP contribution in [0.15, 0.2) is 35.7 Å². The molecule has 4 rings (SSSR count). The molecule has 3 heterocycles. The zero-order valence-corrected chi connectivity index (χ0v) is 15.1. The molecule has 1 aromatic carbocycles. The zero-order chi connectivity index (χ0) is 18.3. The minimum absolute atomic E-state index is 0.0333. The molecule has 0 aliphatic carbocycles. The number of rotatable bonds is 4. The molecule has 7 heteroatoms. The maximum atomic E-state index is 13.9. The van der Waals surface area contributed by atoms with Crippen molar-refractivity contribution in [2.75, 3.05) is 11.4 Å². The van der Waals surface area contributed by atoms with Crippen molar-refractivity contribution in [1.82, 2.24) is 9.88 Å². The van der Waals surface area contributed by atoms with Crippen LogP contribution >= 0.6 is 11.3 Å². The normalized spacial score (nSPS) is 14.4. The van der Waals surface area contributed by atoms with Crippen molar-refractivity contribution in [3.05, 3.63) is 52.1 Å². The summed E-state index contributed by atoms with van der Waals surface area (Å²) in [4.78, 5) is 27.9. The van der Waals surface area contributed by atoms with E-state index in [1.165, 1.54) is 12.1 Å². The third-order valence-corrected chi connectivity index (χ3v) is 5.57. The number of benzene rings is 1. The SMILES string of the molecule is Cn1c(C(=O)NCc2cccs2)c(N2CCCC2=O)c2cc(F)ccc21. The second kappa shape index (κ2) is 6.57. The maximum Gasteiger partial charge on any atom is 0.270 e. The van der Waals surface area contributed by atoms with E-state index in [4.69, 9.17) is 0 Å². The molecule has 3 aromatic rings. The van der Waals surface area contributed by atoms with Crippen LogP contribution < -0.4 is 10.2 Å².